The summed E-state index contributed by atoms with van der Waals surface area (Å²) in [5, 5.41) is 6.28. The lowest BCUT2D eigenvalue weighted by Gasteiger charge is -1.82. The summed E-state index contributed by atoms with van der Waals surface area (Å²) in [5.74, 6) is 0.167. The lowest BCUT2D eigenvalue weighted by atomic mass is 10.8. The highest BCUT2D eigenvalue weighted by molar-refractivity contribution is 7.80. The first-order chi connectivity index (χ1) is 4.29. The maximum absolute atomic E-state index is 9.33. The molecule has 0 rings (SSSR count). The van der Waals surface area contributed by atoms with E-state index in [-0.39, 0.29) is 5.84 Å². The van der Waals surface area contributed by atoms with Crippen LogP contribution < -0.4 is 5.73 Å². The summed E-state index contributed by atoms with van der Waals surface area (Å²) in [6.45, 7) is 1.53. The summed E-state index contributed by atoms with van der Waals surface area (Å²) in [6.07, 6.45) is 0. The van der Waals surface area contributed by atoms with Crippen molar-refractivity contribution >= 4 is 16.2 Å². The lowest BCUT2D eigenvalue weighted by Crippen LogP contribution is -2.00. The summed E-state index contributed by atoms with van der Waals surface area (Å²) in [4.78, 5) is 0. The molecular weight excluding hydrogens is 160 g/mol. The zero-order valence-corrected chi connectivity index (χ0v) is 6.47. The van der Waals surface area contributed by atoms with E-state index in [4.69, 9.17) is 15.7 Å². The van der Waals surface area contributed by atoms with Gasteiger partial charge in [-0.25, -0.2) is 0 Å². The molecular formula is C3H10N2O4S. The van der Waals surface area contributed by atoms with E-state index in [2.05, 4.69) is 4.18 Å². The molecule has 4 N–H and O–H groups in total. The van der Waals surface area contributed by atoms with E-state index in [0.717, 1.165) is 7.11 Å². The van der Waals surface area contributed by atoms with Gasteiger partial charge in [-0.2, -0.15) is 8.42 Å². The van der Waals surface area contributed by atoms with E-state index in [0.29, 0.717) is 0 Å². The van der Waals surface area contributed by atoms with E-state index >= 15 is 0 Å². The van der Waals surface area contributed by atoms with Crippen LogP contribution in [0.25, 0.3) is 0 Å². The fourth-order valence-corrected chi connectivity index (χ4v) is 0. The Morgan fingerprint density at radius 2 is 1.80 bits per heavy atom. The van der Waals surface area contributed by atoms with Gasteiger partial charge in [0.05, 0.1) is 12.9 Å². The van der Waals surface area contributed by atoms with Crippen LogP contribution in [0.4, 0.5) is 0 Å². The van der Waals surface area contributed by atoms with Crippen molar-refractivity contribution in [2.24, 2.45) is 5.73 Å². The molecule has 0 bridgehead atoms. The second kappa shape index (κ2) is 5.15. The second-order valence-electron chi connectivity index (χ2n) is 1.28. The van der Waals surface area contributed by atoms with Crippen LogP contribution >= 0.6 is 0 Å². The quantitative estimate of drug-likeness (QED) is 0.275. The first-order valence-electron chi connectivity index (χ1n) is 2.13. The second-order valence-corrected chi connectivity index (χ2v) is 2.47. The van der Waals surface area contributed by atoms with Crippen LogP contribution in [0.5, 0.6) is 0 Å². The molecule has 0 heterocycles. The van der Waals surface area contributed by atoms with Crippen molar-refractivity contribution in [1.29, 1.82) is 5.41 Å². The average Bonchev–Trinajstić information content (AvgIpc) is 1.63. The van der Waals surface area contributed by atoms with E-state index in [1.54, 1.807) is 0 Å². The SMILES string of the molecule is CC(=N)N.COS(=O)(=O)O. The zero-order chi connectivity index (χ0) is 8.78. The maximum atomic E-state index is 9.33. The Hall–Kier alpha value is -0.660. The van der Waals surface area contributed by atoms with Gasteiger partial charge in [0, 0.05) is 0 Å². The van der Waals surface area contributed by atoms with Gasteiger partial charge in [0.1, 0.15) is 0 Å². The minimum absolute atomic E-state index is 0.167. The molecule has 0 unspecified atom stereocenters. The summed E-state index contributed by atoms with van der Waals surface area (Å²) in [5.41, 5.74) is 4.69. The first-order valence-corrected chi connectivity index (χ1v) is 3.49. The van der Waals surface area contributed by atoms with Crippen molar-refractivity contribution in [2.45, 2.75) is 6.92 Å². The molecule has 0 spiro atoms. The van der Waals surface area contributed by atoms with Gasteiger partial charge in [0.25, 0.3) is 0 Å². The molecule has 10 heavy (non-hydrogen) atoms. The molecule has 0 aromatic carbocycles. The molecule has 62 valence electrons. The third kappa shape index (κ3) is 53.9. The summed E-state index contributed by atoms with van der Waals surface area (Å²) >= 11 is 0. The smallest absolute Gasteiger partial charge is 0.388 e. The molecule has 0 saturated carbocycles. The minimum atomic E-state index is -4.16. The molecule has 0 saturated heterocycles. The van der Waals surface area contributed by atoms with E-state index < -0.39 is 10.4 Å². The fourth-order valence-electron chi connectivity index (χ4n) is 0. The van der Waals surface area contributed by atoms with Crippen molar-refractivity contribution in [3.63, 3.8) is 0 Å². The Balaban J connectivity index is 0. The highest BCUT2D eigenvalue weighted by Gasteiger charge is 1.93. The molecule has 0 radical (unpaired) electrons. The molecule has 0 amide bonds. The fraction of sp³-hybridized carbons (Fsp3) is 0.667. The minimum Gasteiger partial charge on any atom is -0.388 e. The monoisotopic (exact) mass is 170 g/mol. The Kier molecular flexibility index (Phi) is 6.21. The molecule has 7 heteroatoms. The van der Waals surface area contributed by atoms with Crippen molar-refractivity contribution < 1.29 is 17.2 Å². The Morgan fingerprint density at radius 3 is 1.80 bits per heavy atom. The van der Waals surface area contributed by atoms with Gasteiger partial charge in [-0.1, -0.05) is 0 Å². The predicted molar refractivity (Wildman–Crippen MR) is 36.1 cm³/mol. The first kappa shape index (κ1) is 12.1. The van der Waals surface area contributed by atoms with Crippen LogP contribution in [0, 0.1) is 5.41 Å². The number of nitrogens with two attached hydrogens (primary N) is 1. The van der Waals surface area contributed by atoms with Crippen molar-refractivity contribution in [1.82, 2.24) is 0 Å². The molecule has 6 nitrogen and oxygen atoms in total. The third-order valence-electron chi connectivity index (χ3n) is 0.211. The van der Waals surface area contributed by atoms with Crippen LogP contribution in [0.3, 0.4) is 0 Å². The molecule has 0 fully saturated rings. The third-order valence-corrected chi connectivity index (χ3v) is 0.632. The molecule has 0 aromatic rings. The largest absolute Gasteiger partial charge is 0.397 e. The summed E-state index contributed by atoms with van der Waals surface area (Å²) < 4.78 is 29.7. The van der Waals surface area contributed by atoms with Gasteiger partial charge < -0.3 is 5.73 Å². The average molecular weight is 170 g/mol. The molecule has 0 atom stereocenters. The normalized spacial score (nSPS) is 9.50. The molecule has 0 aliphatic carbocycles. The summed E-state index contributed by atoms with van der Waals surface area (Å²) in [7, 11) is -3.29. The molecule has 0 aromatic heterocycles. The number of amidine groups is 1. The Morgan fingerprint density at radius 1 is 1.70 bits per heavy atom. The van der Waals surface area contributed by atoms with Gasteiger partial charge in [0.15, 0.2) is 0 Å². The van der Waals surface area contributed by atoms with Gasteiger partial charge in [0.2, 0.25) is 0 Å². The highest BCUT2D eigenvalue weighted by atomic mass is 32.3. The van der Waals surface area contributed by atoms with E-state index in [9.17, 15) is 8.42 Å². The van der Waals surface area contributed by atoms with Crippen LogP contribution in [0.2, 0.25) is 0 Å². The topological polar surface area (TPSA) is 113 Å². The van der Waals surface area contributed by atoms with Crippen LogP contribution in [0.15, 0.2) is 0 Å². The maximum Gasteiger partial charge on any atom is 0.397 e. The Bertz CT molecular complexity index is 181. The van der Waals surface area contributed by atoms with E-state index in [1.165, 1.54) is 6.92 Å². The molecule has 0 aliphatic rings. The molecule has 0 aliphatic heterocycles. The Labute approximate surface area is 59.5 Å². The van der Waals surface area contributed by atoms with E-state index in [1.807, 2.05) is 0 Å². The van der Waals surface area contributed by atoms with Crippen molar-refractivity contribution in [3.05, 3.63) is 0 Å². The van der Waals surface area contributed by atoms with Gasteiger partial charge in [-0.15, -0.1) is 0 Å². The number of nitrogens with one attached hydrogen (secondary N) is 1. The lowest BCUT2D eigenvalue weighted by molar-refractivity contribution is 0.324. The number of hydrogen-bond donors (Lipinski definition) is 3. The zero-order valence-electron chi connectivity index (χ0n) is 5.66. The van der Waals surface area contributed by atoms with Gasteiger partial charge in [-0.05, 0) is 6.92 Å². The van der Waals surface area contributed by atoms with Crippen LogP contribution in [-0.2, 0) is 14.6 Å². The summed E-state index contributed by atoms with van der Waals surface area (Å²) in [6, 6.07) is 0. The predicted octanol–water partition coefficient (Wildman–Crippen LogP) is -0.622. The number of rotatable bonds is 1. The van der Waals surface area contributed by atoms with Crippen molar-refractivity contribution in [3.8, 4) is 0 Å². The highest BCUT2D eigenvalue weighted by Crippen LogP contribution is 1.74. The standard InChI is InChI=1S/C2H6N2.CH4O4S/c1-2(3)4;1-5-6(2,3)4/h1H3,(H3,3,4);1H3,(H,2,3,4). The van der Waals surface area contributed by atoms with Gasteiger partial charge >= 0.3 is 10.4 Å². The number of hydrogen-bond acceptors (Lipinski definition) is 4. The van der Waals surface area contributed by atoms with Crippen LogP contribution in [0.1, 0.15) is 6.92 Å². The van der Waals surface area contributed by atoms with Crippen molar-refractivity contribution in [2.75, 3.05) is 7.11 Å². The van der Waals surface area contributed by atoms with Crippen LogP contribution in [-0.4, -0.2) is 25.9 Å². The van der Waals surface area contributed by atoms with Gasteiger partial charge in [-0.3, -0.25) is 14.1 Å².